The molecule has 5 nitrogen and oxygen atoms in total. The van der Waals surface area contributed by atoms with Crippen LogP contribution < -0.4 is 4.72 Å². The number of hydrogen-bond acceptors (Lipinski definition) is 4. The average molecular weight is 344 g/mol. The average Bonchev–Trinajstić information content (AvgIpc) is 2.89. The molecule has 0 saturated heterocycles. The maximum atomic E-state index is 12.4. The minimum atomic E-state index is -3.49. The molecule has 3 rings (SSSR count). The first-order valence-electron chi connectivity index (χ1n) is 7.78. The van der Waals surface area contributed by atoms with Gasteiger partial charge in [-0.15, -0.1) is 0 Å². The molecule has 0 aliphatic heterocycles. The molecule has 0 fully saturated rings. The predicted octanol–water partition coefficient (Wildman–Crippen LogP) is 3.27. The first kappa shape index (κ1) is 16.7. The lowest BCUT2D eigenvalue weighted by molar-refractivity contribution is 0.561. The van der Waals surface area contributed by atoms with E-state index in [1.165, 1.54) is 0 Å². The van der Waals surface area contributed by atoms with Crippen LogP contribution in [0.25, 0.3) is 11.1 Å². The molecular formula is C18H20N2O3S. The highest BCUT2D eigenvalue weighted by atomic mass is 32.2. The summed E-state index contributed by atoms with van der Waals surface area (Å²) in [6.07, 6.45) is 0.589. The summed E-state index contributed by atoms with van der Waals surface area (Å²) in [4.78, 5) is 4.59. The fraction of sp³-hybridized carbons (Fsp3) is 0.278. The summed E-state index contributed by atoms with van der Waals surface area (Å²) in [7, 11) is -3.49. The van der Waals surface area contributed by atoms with Gasteiger partial charge in [-0.3, -0.25) is 0 Å². The number of oxazole rings is 1. The van der Waals surface area contributed by atoms with Gasteiger partial charge in [-0.05, 0) is 61.2 Å². The molecule has 1 heterocycles. The van der Waals surface area contributed by atoms with Gasteiger partial charge in [0.1, 0.15) is 5.52 Å². The minimum Gasteiger partial charge on any atom is -0.441 e. The van der Waals surface area contributed by atoms with Crippen LogP contribution >= 0.6 is 0 Å². The molecule has 0 spiro atoms. The van der Waals surface area contributed by atoms with Gasteiger partial charge in [0.2, 0.25) is 10.0 Å². The lowest BCUT2D eigenvalue weighted by atomic mass is 10.1. The van der Waals surface area contributed by atoms with Gasteiger partial charge in [0.15, 0.2) is 11.5 Å². The van der Waals surface area contributed by atoms with E-state index in [0.29, 0.717) is 23.8 Å². The fourth-order valence-corrected chi connectivity index (χ4v) is 3.65. The Hall–Kier alpha value is -2.18. The van der Waals surface area contributed by atoms with Gasteiger partial charge in [-0.25, -0.2) is 18.1 Å². The third kappa shape index (κ3) is 3.49. The Labute approximate surface area is 141 Å². The molecular weight excluding hydrogens is 324 g/mol. The molecule has 1 aromatic heterocycles. The molecule has 3 aromatic rings. The summed E-state index contributed by atoms with van der Waals surface area (Å²) < 4.78 is 32.8. The van der Waals surface area contributed by atoms with Crippen molar-refractivity contribution in [1.29, 1.82) is 0 Å². The van der Waals surface area contributed by atoms with Crippen molar-refractivity contribution >= 4 is 21.1 Å². The van der Waals surface area contributed by atoms with Gasteiger partial charge < -0.3 is 4.42 Å². The van der Waals surface area contributed by atoms with Crippen LogP contribution in [0.2, 0.25) is 0 Å². The van der Waals surface area contributed by atoms with Gasteiger partial charge in [-0.1, -0.05) is 12.1 Å². The van der Waals surface area contributed by atoms with Crippen molar-refractivity contribution in [2.45, 2.75) is 32.1 Å². The Kier molecular flexibility index (Phi) is 4.43. The Morgan fingerprint density at radius 1 is 1.04 bits per heavy atom. The van der Waals surface area contributed by atoms with E-state index in [1.54, 1.807) is 19.1 Å². The standard InChI is InChI=1S/C18H20N2O3S/c1-12-4-6-16(10-13(12)2)24(21,22)19-9-8-15-5-7-18-17(11-15)20-14(3)23-18/h4-7,10-11,19H,8-9H2,1-3H3. The van der Waals surface area contributed by atoms with Crippen LogP contribution in [0.5, 0.6) is 0 Å². The molecule has 0 amide bonds. The lowest BCUT2D eigenvalue weighted by Crippen LogP contribution is -2.26. The maximum Gasteiger partial charge on any atom is 0.240 e. The highest BCUT2D eigenvalue weighted by molar-refractivity contribution is 7.89. The first-order chi connectivity index (χ1) is 11.3. The minimum absolute atomic E-state index is 0.299. The highest BCUT2D eigenvalue weighted by Gasteiger charge is 2.14. The van der Waals surface area contributed by atoms with Crippen LogP contribution in [0, 0.1) is 20.8 Å². The SMILES string of the molecule is Cc1nc2cc(CCNS(=O)(=O)c3ccc(C)c(C)c3)ccc2o1. The molecule has 126 valence electrons. The summed E-state index contributed by atoms with van der Waals surface area (Å²) in [6, 6.07) is 10.9. The number of aromatic nitrogens is 1. The Morgan fingerprint density at radius 3 is 2.58 bits per heavy atom. The number of sulfonamides is 1. The van der Waals surface area contributed by atoms with Crippen molar-refractivity contribution < 1.29 is 12.8 Å². The molecule has 0 bridgehead atoms. The second-order valence-electron chi connectivity index (χ2n) is 5.93. The van der Waals surface area contributed by atoms with Crippen molar-refractivity contribution in [3.8, 4) is 0 Å². The summed E-state index contributed by atoms with van der Waals surface area (Å²) in [5, 5.41) is 0. The normalized spacial score (nSPS) is 12.0. The quantitative estimate of drug-likeness (QED) is 0.771. The molecule has 0 atom stereocenters. The smallest absolute Gasteiger partial charge is 0.240 e. The summed E-state index contributed by atoms with van der Waals surface area (Å²) in [6.45, 7) is 6.00. The summed E-state index contributed by atoms with van der Waals surface area (Å²) in [5.41, 5.74) is 4.59. The number of hydrogen-bond donors (Lipinski definition) is 1. The van der Waals surface area contributed by atoms with E-state index in [4.69, 9.17) is 4.42 Å². The highest BCUT2D eigenvalue weighted by Crippen LogP contribution is 2.17. The van der Waals surface area contributed by atoms with Crippen molar-refractivity contribution in [3.05, 3.63) is 59.0 Å². The maximum absolute atomic E-state index is 12.4. The number of benzene rings is 2. The molecule has 0 aliphatic rings. The van der Waals surface area contributed by atoms with E-state index in [-0.39, 0.29) is 0 Å². The number of nitrogens with zero attached hydrogens (tertiary/aromatic N) is 1. The molecule has 0 radical (unpaired) electrons. The van der Waals surface area contributed by atoms with Crippen molar-refractivity contribution in [3.63, 3.8) is 0 Å². The third-order valence-corrected chi connectivity index (χ3v) is 5.51. The molecule has 0 saturated carbocycles. The summed E-state index contributed by atoms with van der Waals surface area (Å²) in [5.74, 6) is 0.623. The van der Waals surface area contributed by atoms with Crippen molar-refractivity contribution in [2.24, 2.45) is 0 Å². The van der Waals surface area contributed by atoms with Gasteiger partial charge in [0, 0.05) is 13.5 Å². The zero-order valence-electron chi connectivity index (χ0n) is 14.0. The van der Waals surface area contributed by atoms with E-state index in [0.717, 1.165) is 27.8 Å². The first-order valence-corrected chi connectivity index (χ1v) is 9.26. The number of nitrogens with one attached hydrogen (secondary N) is 1. The van der Waals surface area contributed by atoms with Crippen molar-refractivity contribution in [1.82, 2.24) is 9.71 Å². The van der Waals surface area contributed by atoms with Crippen LogP contribution in [0.1, 0.15) is 22.6 Å². The Bertz CT molecular complexity index is 991. The zero-order chi connectivity index (χ0) is 17.3. The number of aryl methyl sites for hydroxylation is 3. The van der Waals surface area contributed by atoms with E-state index in [9.17, 15) is 8.42 Å². The van der Waals surface area contributed by atoms with Gasteiger partial charge in [0.05, 0.1) is 4.90 Å². The molecule has 2 aromatic carbocycles. The molecule has 1 N–H and O–H groups in total. The monoisotopic (exact) mass is 344 g/mol. The van der Waals surface area contributed by atoms with Gasteiger partial charge in [-0.2, -0.15) is 0 Å². The lowest BCUT2D eigenvalue weighted by Gasteiger charge is -2.09. The number of fused-ring (bicyclic) bond motifs is 1. The third-order valence-electron chi connectivity index (χ3n) is 4.05. The topological polar surface area (TPSA) is 72.2 Å². The molecule has 24 heavy (non-hydrogen) atoms. The number of rotatable bonds is 5. The van der Waals surface area contributed by atoms with Crippen LogP contribution in [0.15, 0.2) is 45.7 Å². The van der Waals surface area contributed by atoms with Crippen LogP contribution in [0.3, 0.4) is 0 Å². The van der Waals surface area contributed by atoms with Crippen molar-refractivity contribution in [2.75, 3.05) is 6.54 Å². The van der Waals surface area contributed by atoms with E-state index >= 15 is 0 Å². The van der Waals surface area contributed by atoms with E-state index < -0.39 is 10.0 Å². The second-order valence-corrected chi connectivity index (χ2v) is 7.70. The largest absolute Gasteiger partial charge is 0.441 e. The molecule has 0 aliphatic carbocycles. The van der Waals surface area contributed by atoms with E-state index in [1.807, 2.05) is 38.1 Å². The zero-order valence-corrected chi connectivity index (χ0v) is 14.8. The fourth-order valence-electron chi connectivity index (χ4n) is 2.54. The summed E-state index contributed by atoms with van der Waals surface area (Å²) >= 11 is 0. The van der Waals surface area contributed by atoms with Crippen LogP contribution in [-0.2, 0) is 16.4 Å². The Balaban J connectivity index is 1.68. The Morgan fingerprint density at radius 2 is 1.83 bits per heavy atom. The van der Waals surface area contributed by atoms with Gasteiger partial charge >= 0.3 is 0 Å². The second kappa shape index (κ2) is 6.37. The predicted molar refractivity (Wildman–Crippen MR) is 93.6 cm³/mol. The molecule has 0 unspecified atom stereocenters. The van der Waals surface area contributed by atoms with Gasteiger partial charge in [0.25, 0.3) is 0 Å². The van der Waals surface area contributed by atoms with Crippen LogP contribution in [0.4, 0.5) is 0 Å². The van der Waals surface area contributed by atoms with Crippen LogP contribution in [-0.4, -0.2) is 19.9 Å². The van der Waals surface area contributed by atoms with E-state index in [2.05, 4.69) is 9.71 Å². The molecule has 6 heteroatoms.